The number of hydrogen-bond acceptors (Lipinski definition) is 5. The van der Waals surface area contributed by atoms with Crippen molar-refractivity contribution in [3.05, 3.63) is 83.9 Å². The van der Waals surface area contributed by atoms with E-state index in [1.807, 2.05) is 43.0 Å². The van der Waals surface area contributed by atoms with Gasteiger partial charge in [-0.2, -0.15) is 0 Å². The van der Waals surface area contributed by atoms with Crippen LogP contribution in [0.1, 0.15) is 37.8 Å². The Balaban J connectivity index is 0.00000176. The van der Waals surface area contributed by atoms with Crippen LogP contribution in [0.4, 0.5) is 5.69 Å². The van der Waals surface area contributed by atoms with E-state index in [-0.39, 0.29) is 5.91 Å². The van der Waals surface area contributed by atoms with Crippen LogP contribution in [0.5, 0.6) is 11.5 Å². The lowest BCUT2D eigenvalue weighted by molar-refractivity contribution is -0.131. The topological polar surface area (TPSA) is 42.0 Å². The maximum absolute atomic E-state index is 12.7. The molecule has 4 rings (SSSR count). The molecule has 1 fully saturated rings. The fraction of sp³-hybridized carbons (Fsp3) is 0.367. The molecule has 1 aliphatic heterocycles. The minimum Gasteiger partial charge on any atom is -0.497 e. The number of hydrogen-bond donors (Lipinski definition) is 0. The molecule has 36 heavy (non-hydrogen) atoms. The van der Waals surface area contributed by atoms with Crippen molar-refractivity contribution in [3.63, 3.8) is 0 Å². The molecule has 192 valence electrons. The van der Waals surface area contributed by atoms with E-state index in [4.69, 9.17) is 8.92 Å². The Morgan fingerprint density at radius 2 is 1.44 bits per heavy atom. The number of anilines is 1. The molecule has 3 aromatic rings. The molecule has 6 heteroatoms. The first kappa shape index (κ1) is 27.5. The summed E-state index contributed by atoms with van der Waals surface area (Å²) < 4.78 is 11.0. The Labute approximate surface area is 220 Å². The van der Waals surface area contributed by atoms with Crippen molar-refractivity contribution < 1.29 is 13.7 Å². The summed E-state index contributed by atoms with van der Waals surface area (Å²) in [4.78, 5) is 18.1. The SMILES string of the molecule is CC.COc1ccc(CCCC(=O)N2CCN(c3ccc(OSc4ccc(C)cc4)cc3)CC2)cc1. The summed E-state index contributed by atoms with van der Waals surface area (Å²) in [5.74, 6) is 1.95. The summed E-state index contributed by atoms with van der Waals surface area (Å²) in [5, 5.41) is 0. The lowest BCUT2D eigenvalue weighted by Crippen LogP contribution is -2.48. The highest BCUT2D eigenvalue weighted by Crippen LogP contribution is 2.26. The molecule has 0 bridgehead atoms. The molecule has 0 atom stereocenters. The molecule has 1 heterocycles. The summed E-state index contributed by atoms with van der Waals surface area (Å²) in [5.41, 5.74) is 3.64. The second-order valence-corrected chi connectivity index (χ2v) is 9.35. The van der Waals surface area contributed by atoms with E-state index in [2.05, 4.69) is 60.4 Å². The lowest BCUT2D eigenvalue weighted by atomic mass is 10.1. The smallest absolute Gasteiger partial charge is 0.222 e. The van der Waals surface area contributed by atoms with Gasteiger partial charge in [-0.1, -0.05) is 43.7 Å². The average Bonchev–Trinajstić information content (AvgIpc) is 2.94. The molecule has 0 unspecified atom stereocenters. The van der Waals surface area contributed by atoms with Crippen molar-refractivity contribution in [2.45, 2.75) is 44.9 Å². The number of amides is 1. The van der Waals surface area contributed by atoms with Crippen LogP contribution in [0.2, 0.25) is 0 Å². The van der Waals surface area contributed by atoms with Crippen LogP contribution in [0.3, 0.4) is 0 Å². The van der Waals surface area contributed by atoms with Gasteiger partial charge in [-0.25, -0.2) is 0 Å². The predicted octanol–water partition coefficient (Wildman–Crippen LogP) is 6.79. The van der Waals surface area contributed by atoms with E-state index < -0.39 is 0 Å². The fourth-order valence-corrected chi connectivity index (χ4v) is 4.56. The van der Waals surface area contributed by atoms with Gasteiger partial charge < -0.3 is 18.7 Å². The molecule has 0 N–H and O–H groups in total. The quantitative estimate of drug-likeness (QED) is 0.299. The maximum atomic E-state index is 12.7. The van der Waals surface area contributed by atoms with Crippen LogP contribution in [-0.2, 0) is 11.2 Å². The first-order valence-electron chi connectivity index (χ1n) is 12.8. The normalized spacial score (nSPS) is 13.0. The molecular formula is C30H38N2O3S. The molecule has 0 aliphatic carbocycles. The third-order valence-electron chi connectivity index (χ3n) is 6.10. The molecule has 1 amide bonds. The first-order chi connectivity index (χ1) is 17.6. The standard InChI is InChI=1S/C28H32N2O3S.C2H6/c1-22-6-16-27(17-7-22)34-33-26-14-10-24(11-15-26)29-18-20-30(21-19-29)28(31)5-3-4-23-8-12-25(32-2)13-9-23;1-2/h6-17H,3-5,18-21H2,1-2H3;1-2H3. The van der Waals surface area contributed by atoms with Gasteiger partial charge in [0.15, 0.2) is 0 Å². The summed E-state index contributed by atoms with van der Waals surface area (Å²) in [6.07, 6.45) is 2.37. The van der Waals surface area contributed by atoms with Crippen LogP contribution in [0.15, 0.2) is 77.7 Å². The van der Waals surface area contributed by atoms with Crippen LogP contribution in [0, 0.1) is 6.92 Å². The monoisotopic (exact) mass is 506 g/mol. The highest BCUT2D eigenvalue weighted by Gasteiger charge is 2.21. The molecule has 5 nitrogen and oxygen atoms in total. The zero-order valence-corrected chi connectivity index (χ0v) is 22.7. The number of nitrogens with zero attached hydrogens (tertiary/aromatic N) is 2. The van der Waals surface area contributed by atoms with Gasteiger partial charge in [0.25, 0.3) is 0 Å². The van der Waals surface area contributed by atoms with Gasteiger partial charge in [-0.05, 0) is 73.9 Å². The Morgan fingerprint density at radius 1 is 0.833 bits per heavy atom. The van der Waals surface area contributed by atoms with Crippen LogP contribution in [-0.4, -0.2) is 44.1 Å². The highest BCUT2D eigenvalue weighted by atomic mass is 32.2. The molecule has 3 aromatic carbocycles. The third-order valence-corrected chi connectivity index (χ3v) is 6.84. The average molecular weight is 507 g/mol. The van der Waals surface area contributed by atoms with E-state index in [1.54, 1.807) is 7.11 Å². The van der Waals surface area contributed by atoms with Crippen molar-refractivity contribution in [1.82, 2.24) is 4.90 Å². The summed E-state index contributed by atoms with van der Waals surface area (Å²) in [7, 11) is 1.67. The van der Waals surface area contributed by atoms with E-state index in [0.717, 1.165) is 55.4 Å². The third kappa shape index (κ3) is 8.23. The van der Waals surface area contributed by atoms with Crippen LogP contribution in [0.25, 0.3) is 0 Å². The summed E-state index contributed by atoms with van der Waals surface area (Å²) in [6, 6.07) is 24.6. The van der Waals surface area contributed by atoms with Gasteiger partial charge in [0.1, 0.15) is 11.5 Å². The van der Waals surface area contributed by atoms with Crippen LogP contribution < -0.4 is 13.8 Å². The van der Waals surface area contributed by atoms with Crippen molar-refractivity contribution in [2.24, 2.45) is 0 Å². The Kier molecular flexibility index (Phi) is 11.0. The number of methoxy groups -OCH3 is 1. The number of piperazine rings is 1. The zero-order chi connectivity index (χ0) is 25.8. The van der Waals surface area contributed by atoms with Crippen molar-refractivity contribution >= 4 is 23.6 Å². The van der Waals surface area contributed by atoms with Gasteiger partial charge in [0, 0.05) is 43.2 Å². The van der Waals surface area contributed by atoms with Crippen molar-refractivity contribution in [2.75, 3.05) is 38.2 Å². The Hall–Kier alpha value is -3.12. The fourth-order valence-electron chi connectivity index (χ4n) is 4.01. The van der Waals surface area contributed by atoms with Gasteiger partial charge in [-0.3, -0.25) is 4.79 Å². The number of rotatable bonds is 9. The highest BCUT2D eigenvalue weighted by molar-refractivity contribution is 7.95. The summed E-state index contributed by atoms with van der Waals surface area (Å²) in [6.45, 7) is 9.31. The van der Waals surface area contributed by atoms with Gasteiger partial charge >= 0.3 is 0 Å². The van der Waals surface area contributed by atoms with Gasteiger partial charge in [0.05, 0.1) is 19.2 Å². The molecular weight excluding hydrogens is 468 g/mol. The zero-order valence-electron chi connectivity index (χ0n) is 21.9. The van der Waals surface area contributed by atoms with Gasteiger partial charge in [0.2, 0.25) is 5.91 Å². The van der Waals surface area contributed by atoms with E-state index >= 15 is 0 Å². The van der Waals surface area contributed by atoms with Gasteiger partial charge in [-0.15, -0.1) is 0 Å². The maximum Gasteiger partial charge on any atom is 0.222 e. The molecule has 0 spiro atoms. The van der Waals surface area contributed by atoms with Crippen molar-refractivity contribution in [3.8, 4) is 11.5 Å². The van der Waals surface area contributed by atoms with E-state index in [9.17, 15) is 4.79 Å². The van der Waals surface area contributed by atoms with E-state index in [1.165, 1.54) is 28.9 Å². The first-order valence-corrected chi connectivity index (χ1v) is 13.5. The second-order valence-electron chi connectivity index (χ2n) is 8.54. The van der Waals surface area contributed by atoms with Crippen LogP contribution >= 0.6 is 12.0 Å². The largest absolute Gasteiger partial charge is 0.497 e. The summed E-state index contributed by atoms with van der Waals surface area (Å²) >= 11 is 1.37. The minimum atomic E-state index is 0.255. The predicted molar refractivity (Wildman–Crippen MR) is 150 cm³/mol. The molecule has 0 aromatic heterocycles. The minimum absolute atomic E-state index is 0.255. The Morgan fingerprint density at radius 3 is 2.06 bits per heavy atom. The number of aryl methyl sites for hydroxylation is 2. The number of carbonyl (C=O) groups is 1. The number of carbonyl (C=O) groups excluding carboxylic acids is 1. The Bertz CT molecular complexity index is 1050. The molecule has 0 radical (unpaired) electrons. The lowest BCUT2D eigenvalue weighted by Gasteiger charge is -2.36. The molecule has 0 saturated carbocycles. The number of benzene rings is 3. The second kappa shape index (κ2) is 14.4. The van der Waals surface area contributed by atoms with Crippen molar-refractivity contribution in [1.29, 1.82) is 0 Å². The van der Waals surface area contributed by atoms with E-state index in [0.29, 0.717) is 6.42 Å². The number of ether oxygens (including phenoxy) is 1. The molecule has 1 aliphatic rings. The molecule has 1 saturated heterocycles.